The van der Waals surface area contributed by atoms with Crippen molar-refractivity contribution in [1.29, 1.82) is 0 Å². The number of piperidine rings is 1. The van der Waals surface area contributed by atoms with Gasteiger partial charge in [-0.25, -0.2) is 4.79 Å². The molecule has 5 heteroatoms. The predicted molar refractivity (Wildman–Crippen MR) is 91.0 cm³/mol. The Kier molecular flexibility index (Phi) is 7.13. The molecule has 0 atom stereocenters. The van der Waals surface area contributed by atoms with E-state index in [1.807, 2.05) is 4.90 Å². The van der Waals surface area contributed by atoms with Gasteiger partial charge in [-0.2, -0.15) is 0 Å². The van der Waals surface area contributed by atoms with Crippen LogP contribution < -0.4 is 10.6 Å². The number of urea groups is 1. The van der Waals surface area contributed by atoms with E-state index in [4.69, 9.17) is 5.11 Å². The van der Waals surface area contributed by atoms with Crippen LogP contribution in [0.15, 0.2) is 0 Å². The lowest BCUT2D eigenvalue weighted by Crippen LogP contribution is -2.63. The van der Waals surface area contributed by atoms with Gasteiger partial charge in [0.15, 0.2) is 0 Å². The Morgan fingerprint density at radius 3 is 2.23 bits per heavy atom. The highest BCUT2D eigenvalue weighted by molar-refractivity contribution is 5.74. The topological polar surface area (TPSA) is 64.6 Å². The van der Waals surface area contributed by atoms with Crippen LogP contribution in [-0.4, -0.2) is 52.9 Å². The summed E-state index contributed by atoms with van der Waals surface area (Å²) in [6.07, 6.45) is 4.58. The van der Waals surface area contributed by atoms with Crippen molar-refractivity contribution in [1.82, 2.24) is 15.5 Å². The molecule has 0 saturated carbocycles. The van der Waals surface area contributed by atoms with Crippen molar-refractivity contribution in [2.45, 2.75) is 83.8 Å². The van der Waals surface area contributed by atoms with Crippen molar-refractivity contribution in [2.75, 3.05) is 19.7 Å². The standard InChI is InChI=1S/C17H35N3O2/c1-6-7-9-20(10-8-11-21)15(22)18-14-12-16(2,3)19-17(4,5)13-14/h14,19,21H,6-13H2,1-5H3,(H,18,22). The maximum Gasteiger partial charge on any atom is 0.317 e. The van der Waals surface area contributed by atoms with Crippen LogP contribution in [-0.2, 0) is 0 Å². The molecule has 0 aromatic heterocycles. The number of carbonyl (C=O) groups is 1. The van der Waals surface area contributed by atoms with Gasteiger partial charge in [0.2, 0.25) is 0 Å². The SMILES string of the molecule is CCCCN(CCCO)C(=O)NC1CC(C)(C)NC(C)(C)C1. The van der Waals surface area contributed by atoms with Crippen molar-refractivity contribution in [3.8, 4) is 0 Å². The second kappa shape index (κ2) is 8.16. The number of aliphatic hydroxyl groups is 1. The number of amides is 2. The van der Waals surface area contributed by atoms with Crippen LogP contribution in [0.2, 0.25) is 0 Å². The molecule has 0 aliphatic carbocycles. The van der Waals surface area contributed by atoms with Crippen LogP contribution in [0, 0.1) is 0 Å². The van der Waals surface area contributed by atoms with Crippen molar-refractivity contribution in [3.05, 3.63) is 0 Å². The van der Waals surface area contributed by atoms with Crippen LogP contribution >= 0.6 is 0 Å². The van der Waals surface area contributed by atoms with E-state index in [9.17, 15) is 4.79 Å². The molecule has 3 N–H and O–H groups in total. The van der Waals surface area contributed by atoms with E-state index in [1.165, 1.54) is 0 Å². The first-order chi connectivity index (χ1) is 10.2. The fourth-order valence-electron chi connectivity index (χ4n) is 3.62. The van der Waals surface area contributed by atoms with Gasteiger partial charge in [-0.1, -0.05) is 13.3 Å². The van der Waals surface area contributed by atoms with Gasteiger partial charge in [0, 0.05) is 36.8 Å². The van der Waals surface area contributed by atoms with Crippen LogP contribution in [0.3, 0.4) is 0 Å². The number of aliphatic hydroxyl groups excluding tert-OH is 1. The first-order valence-electron chi connectivity index (χ1n) is 8.65. The third-order valence-corrected chi connectivity index (χ3v) is 4.17. The number of nitrogens with one attached hydrogen (secondary N) is 2. The third-order valence-electron chi connectivity index (χ3n) is 4.17. The molecule has 22 heavy (non-hydrogen) atoms. The first-order valence-corrected chi connectivity index (χ1v) is 8.65. The molecule has 1 heterocycles. The maximum atomic E-state index is 12.6. The lowest BCUT2D eigenvalue weighted by molar-refractivity contribution is 0.137. The van der Waals surface area contributed by atoms with E-state index >= 15 is 0 Å². The van der Waals surface area contributed by atoms with Gasteiger partial charge in [-0.3, -0.25) is 0 Å². The Hall–Kier alpha value is -0.810. The predicted octanol–water partition coefficient (Wildman–Crippen LogP) is 2.49. The quantitative estimate of drug-likeness (QED) is 0.676. The Balaban J connectivity index is 2.62. The summed E-state index contributed by atoms with van der Waals surface area (Å²) >= 11 is 0. The molecule has 1 aliphatic rings. The number of carbonyl (C=O) groups excluding carboxylic acids is 1. The van der Waals surface area contributed by atoms with Crippen LogP contribution in [0.4, 0.5) is 4.79 Å². The molecule has 2 amide bonds. The summed E-state index contributed by atoms with van der Waals surface area (Å²) in [6.45, 7) is 12.4. The molecule has 130 valence electrons. The van der Waals surface area contributed by atoms with Gasteiger partial charge in [0.05, 0.1) is 0 Å². The van der Waals surface area contributed by atoms with Crippen molar-refractivity contribution in [2.24, 2.45) is 0 Å². The highest BCUT2D eigenvalue weighted by atomic mass is 16.3. The Bertz CT molecular complexity index is 332. The van der Waals surface area contributed by atoms with Crippen molar-refractivity contribution < 1.29 is 9.90 Å². The molecule has 0 spiro atoms. The summed E-state index contributed by atoms with van der Waals surface area (Å²) in [6, 6.07) is 0.206. The average Bonchev–Trinajstić information content (AvgIpc) is 2.34. The van der Waals surface area contributed by atoms with Crippen LogP contribution in [0.25, 0.3) is 0 Å². The first kappa shape index (κ1) is 19.2. The minimum atomic E-state index is 0.0143. The van der Waals surface area contributed by atoms with Crippen LogP contribution in [0.5, 0.6) is 0 Å². The molecular weight excluding hydrogens is 278 g/mol. The summed E-state index contributed by atoms with van der Waals surface area (Å²) < 4.78 is 0. The summed E-state index contributed by atoms with van der Waals surface area (Å²) in [5.74, 6) is 0. The molecule has 1 aliphatic heterocycles. The minimum absolute atomic E-state index is 0.0143. The summed E-state index contributed by atoms with van der Waals surface area (Å²) in [5.41, 5.74) is 0.0537. The maximum absolute atomic E-state index is 12.6. The lowest BCUT2D eigenvalue weighted by Gasteiger charge is -2.47. The molecule has 1 fully saturated rings. The smallest absolute Gasteiger partial charge is 0.317 e. The molecule has 1 rings (SSSR count). The van der Waals surface area contributed by atoms with E-state index in [-0.39, 0.29) is 29.8 Å². The molecule has 0 radical (unpaired) electrons. The Morgan fingerprint density at radius 1 is 1.18 bits per heavy atom. The third kappa shape index (κ3) is 6.53. The zero-order valence-corrected chi connectivity index (χ0v) is 15.0. The Morgan fingerprint density at radius 2 is 1.73 bits per heavy atom. The molecule has 1 saturated heterocycles. The number of nitrogens with zero attached hydrogens (tertiary/aromatic N) is 1. The van der Waals surface area contributed by atoms with Gasteiger partial charge in [0.25, 0.3) is 0 Å². The molecule has 0 aromatic carbocycles. The highest BCUT2D eigenvalue weighted by Gasteiger charge is 2.38. The lowest BCUT2D eigenvalue weighted by atomic mass is 9.80. The number of unbranched alkanes of at least 4 members (excludes halogenated alkanes) is 1. The molecule has 5 nitrogen and oxygen atoms in total. The number of hydrogen-bond donors (Lipinski definition) is 3. The van der Waals surface area contributed by atoms with E-state index in [1.54, 1.807) is 0 Å². The number of rotatable bonds is 7. The van der Waals surface area contributed by atoms with E-state index in [0.717, 1.165) is 32.2 Å². The molecule has 0 bridgehead atoms. The van der Waals surface area contributed by atoms with Crippen molar-refractivity contribution >= 4 is 6.03 Å². The molecule has 0 aromatic rings. The van der Waals surface area contributed by atoms with Gasteiger partial charge in [-0.05, 0) is 53.4 Å². The van der Waals surface area contributed by atoms with Gasteiger partial charge in [-0.15, -0.1) is 0 Å². The monoisotopic (exact) mass is 313 g/mol. The van der Waals surface area contributed by atoms with Crippen molar-refractivity contribution in [3.63, 3.8) is 0 Å². The van der Waals surface area contributed by atoms with Gasteiger partial charge in [0.1, 0.15) is 0 Å². The largest absolute Gasteiger partial charge is 0.396 e. The highest BCUT2D eigenvalue weighted by Crippen LogP contribution is 2.28. The van der Waals surface area contributed by atoms with Gasteiger partial charge >= 0.3 is 6.03 Å². The second-order valence-electron chi connectivity index (χ2n) is 7.87. The van der Waals surface area contributed by atoms with E-state index in [2.05, 4.69) is 45.3 Å². The summed E-state index contributed by atoms with van der Waals surface area (Å²) in [7, 11) is 0. The van der Waals surface area contributed by atoms with Gasteiger partial charge < -0.3 is 20.6 Å². The normalized spacial score (nSPS) is 20.6. The molecular formula is C17H35N3O2. The minimum Gasteiger partial charge on any atom is -0.396 e. The number of hydrogen-bond acceptors (Lipinski definition) is 3. The fraction of sp³-hybridized carbons (Fsp3) is 0.941. The van der Waals surface area contributed by atoms with E-state index in [0.29, 0.717) is 13.0 Å². The average molecular weight is 313 g/mol. The summed E-state index contributed by atoms with van der Waals surface area (Å²) in [5, 5.41) is 15.9. The zero-order valence-electron chi connectivity index (χ0n) is 15.0. The fourth-order valence-corrected chi connectivity index (χ4v) is 3.62. The zero-order chi connectivity index (χ0) is 16.8. The Labute approximate surface area is 135 Å². The second-order valence-corrected chi connectivity index (χ2v) is 7.87. The molecule has 0 unspecified atom stereocenters. The summed E-state index contributed by atoms with van der Waals surface area (Å²) in [4.78, 5) is 14.4. The van der Waals surface area contributed by atoms with Crippen LogP contribution in [0.1, 0.15) is 66.7 Å². The van der Waals surface area contributed by atoms with E-state index < -0.39 is 0 Å².